The first-order chi connectivity index (χ1) is 8.25. The normalized spacial score (nSPS) is 18.7. The van der Waals surface area contributed by atoms with E-state index in [4.69, 9.17) is 4.74 Å². The second-order valence-electron chi connectivity index (χ2n) is 4.62. The van der Waals surface area contributed by atoms with E-state index >= 15 is 0 Å². The molecule has 3 heterocycles. The molecule has 4 nitrogen and oxygen atoms in total. The van der Waals surface area contributed by atoms with Crippen molar-refractivity contribution in [3.8, 4) is 0 Å². The van der Waals surface area contributed by atoms with Crippen LogP contribution < -0.4 is 5.32 Å². The summed E-state index contributed by atoms with van der Waals surface area (Å²) in [4.78, 5) is 4.48. The van der Waals surface area contributed by atoms with E-state index in [0.717, 1.165) is 25.3 Å². The number of nitrogens with one attached hydrogen (secondary N) is 1. The monoisotopic (exact) mass is 303 g/mol. The quantitative estimate of drug-likeness (QED) is 0.879. The van der Waals surface area contributed by atoms with E-state index in [2.05, 4.69) is 41.0 Å². The van der Waals surface area contributed by atoms with Crippen molar-refractivity contribution in [2.75, 3.05) is 19.7 Å². The first kappa shape index (κ1) is 16.2. The fourth-order valence-electron chi connectivity index (χ4n) is 2.41. The van der Waals surface area contributed by atoms with Crippen molar-refractivity contribution in [1.29, 1.82) is 0 Å². The molecule has 1 saturated heterocycles. The largest absolute Gasteiger partial charge is 0.369 e. The van der Waals surface area contributed by atoms with Gasteiger partial charge in [-0.15, -0.1) is 24.8 Å². The zero-order chi connectivity index (χ0) is 11.8. The second kappa shape index (κ2) is 6.57. The third-order valence-corrected chi connectivity index (χ3v) is 3.30. The highest BCUT2D eigenvalue weighted by atomic mass is 35.5. The molecular formula is C13H19Cl2N3O. The molecule has 1 unspecified atom stereocenters. The van der Waals surface area contributed by atoms with E-state index in [1.165, 1.54) is 16.6 Å². The molecule has 0 saturated carbocycles. The minimum absolute atomic E-state index is 0. The van der Waals surface area contributed by atoms with Crippen LogP contribution in [-0.2, 0) is 11.8 Å². The van der Waals surface area contributed by atoms with Crippen LogP contribution in [0.25, 0.3) is 11.0 Å². The molecule has 1 atom stereocenters. The molecule has 0 aliphatic carbocycles. The van der Waals surface area contributed by atoms with Crippen molar-refractivity contribution in [3.05, 3.63) is 29.6 Å². The standard InChI is InChI=1S/C13H17N3O.2ClH/c1-9-5-10-6-11(12-8-14-3-4-17-12)16(2)13(10)15-7-9;;/h5-7,12,14H,3-4,8H2,1-2H3;2*1H. The lowest BCUT2D eigenvalue weighted by atomic mass is 10.2. The van der Waals surface area contributed by atoms with Crippen molar-refractivity contribution in [1.82, 2.24) is 14.9 Å². The van der Waals surface area contributed by atoms with E-state index < -0.39 is 0 Å². The number of hydrogen-bond donors (Lipinski definition) is 1. The van der Waals surface area contributed by atoms with E-state index in [9.17, 15) is 0 Å². The number of nitrogens with zero attached hydrogens (tertiary/aromatic N) is 2. The number of ether oxygens (including phenoxy) is 1. The Morgan fingerprint density at radius 3 is 2.84 bits per heavy atom. The molecule has 0 amide bonds. The number of aryl methyl sites for hydroxylation is 2. The highest BCUT2D eigenvalue weighted by molar-refractivity contribution is 5.85. The molecule has 1 aliphatic heterocycles. The lowest BCUT2D eigenvalue weighted by molar-refractivity contribution is 0.0235. The molecular weight excluding hydrogens is 285 g/mol. The van der Waals surface area contributed by atoms with Crippen LogP contribution in [0.5, 0.6) is 0 Å². The van der Waals surface area contributed by atoms with Gasteiger partial charge in [0.15, 0.2) is 0 Å². The van der Waals surface area contributed by atoms with Gasteiger partial charge in [0.1, 0.15) is 11.8 Å². The maximum atomic E-state index is 5.79. The van der Waals surface area contributed by atoms with Gasteiger partial charge in [-0.3, -0.25) is 0 Å². The summed E-state index contributed by atoms with van der Waals surface area (Å²) in [7, 11) is 2.05. The third-order valence-electron chi connectivity index (χ3n) is 3.30. The average molecular weight is 304 g/mol. The third kappa shape index (κ3) is 3.03. The zero-order valence-corrected chi connectivity index (χ0v) is 12.7. The molecule has 1 fully saturated rings. The number of fused-ring (bicyclic) bond motifs is 1. The number of rotatable bonds is 1. The van der Waals surface area contributed by atoms with Crippen molar-refractivity contribution >= 4 is 35.8 Å². The van der Waals surface area contributed by atoms with Crippen molar-refractivity contribution < 1.29 is 4.74 Å². The highest BCUT2D eigenvalue weighted by Crippen LogP contribution is 2.25. The molecule has 0 aromatic carbocycles. The Kier molecular flexibility index (Phi) is 5.62. The molecule has 1 aliphatic rings. The van der Waals surface area contributed by atoms with Crippen LogP contribution in [0.3, 0.4) is 0 Å². The summed E-state index contributed by atoms with van der Waals surface area (Å²) < 4.78 is 7.92. The Morgan fingerprint density at radius 2 is 2.16 bits per heavy atom. The Morgan fingerprint density at radius 1 is 1.37 bits per heavy atom. The summed E-state index contributed by atoms with van der Waals surface area (Å²) in [5, 5.41) is 4.55. The van der Waals surface area contributed by atoms with Gasteiger partial charge in [0.05, 0.1) is 12.3 Å². The maximum Gasteiger partial charge on any atom is 0.139 e. The summed E-state index contributed by atoms with van der Waals surface area (Å²) in [5.74, 6) is 0. The smallest absolute Gasteiger partial charge is 0.139 e. The molecule has 0 spiro atoms. The highest BCUT2D eigenvalue weighted by Gasteiger charge is 2.20. The van der Waals surface area contributed by atoms with Gasteiger partial charge < -0.3 is 14.6 Å². The van der Waals surface area contributed by atoms with Gasteiger partial charge in [-0.1, -0.05) is 0 Å². The van der Waals surface area contributed by atoms with Gasteiger partial charge in [0.25, 0.3) is 0 Å². The fraction of sp³-hybridized carbons (Fsp3) is 0.462. The second-order valence-corrected chi connectivity index (χ2v) is 4.62. The van der Waals surface area contributed by atoms with Gasteiger partial charge in [0, 0.05) is 31.7 Å². The number of hydrogen-bond acceptors (Lipinski definition) is 3. The number of pyridine rings is 1. The van der Waals surface area contributed by atoms with Gasteiger partial charge in [0.2, 0.25) is 0 Å². The first-order valence-electron chi connectivity index (χ1n) is 6.00. The molecule has 0 bridgehead atoms. The van der Waals surface area contributed by atoms with Crippen LogP contribution in [0.15, 0.2) is 18.3 Å². The minimum Gasteiger partial charge on any atom is -0.369 e. The van der Waals surface area contributed by atoms with E-state index in [0.29, 0.717) is 0 Å². The predicted molar refractivity (Wildman–Crippen MR) is 81.5 cm³/mol. The van der Waals surface area contributed by atoms with Crippen molar-refractivity contribution in [3.63, 3.8) is 0 Å². The number of morpholine rings is 1. The topological polar surface area (TPSA) is 39.1 Å². The molecule has 106 valence electrons. The average Bonchev–Trinajstić information content (AvgIpc) is 2.67. The van der Waals surface area contributed by atoms with Crippen LogP contribution in [0.2, 0.25) is 0 Å². The van der Waals surface area contributed by atoms with Gasteiger partial charge >= 0.3 is 0 Å². The molecule has 6 heteroatoms. The number of aromatic nitrogens is 2. The SMILES string of the molecule is Cc1cnc2c(c1)cc(C1CNCCO1)n2C.Cl.Cl. The van der Waals surface area contributed by atoms with Crippen LogP contribution in [0.4, 0.5) is 0 Å². The molecule has 19 heavy (non-hydrogen) atoms. The van der Waals surface area contributed by atoms with E-state index in [1.807, 2.05) is 6.20 Å². The summed E-state index contributed by atoms with van der Waals surface area (Å²) in [5.41, 5.74) is 3.42. The zero-order valence-electron chi connectivity index (χ0n) is 11.0. The van der Waals surface area contributed by atoms with E-state index in [1.54, 1.807) is 0 Å². The summed E-state index contributed by atoms with van der Waals surface area (Å²) >= 11 is 0. The Hall–Kier alpha value is -0.810. The molecule has 0 radical (unpaired) electrons. The Labute approximate surface area is 125 Å². The van der Waals surface area contributed by atoms with E-state index in [-0.39, 0.29) is 30.9 Å². The van der Waals surface area contributed by atoms with Gasteiger partial charge in [-0.25, -0.2) is 4.98 Å². The van der Waals surface area contributed by atoms with Crippen molar-refractivity contribution in [2.24, 2.45) is 7.05 Å². The summed E-state index contributed by atoms with van der Waals surface area (Å²) in [6.45, 7) is 4.66. The predicted octanol–water partition coefficient (Wildman–Crippen LogP) is 2.39. The molecule has 2 aromatic rings. The minimum atomic E-state index is 0. The molecule has 3 rings (SSSR count). The lowest BCUT2D eigenvalue weighted by Gasteiger charge is -2.24. The van der Waals surface area contributed by atoms with Crippen LogP contribution >= 0.6 is 24.8 Å². The fourth-order valence-corrected chi connectivity index (χ4v) is 2.41. The van der Waals surface area contributed by atoms with Crippen molar-refractivity contribution in [2.45, 2.75) is 13.0 Å². The molecule has 2 aromatic heterocycles. The Bertz CT molecular complexity index is 550. The summed E-state index contributed by atoms with van der Waals surface area (Å²) in [6.07, 6.45) is 2.05. The number of halogens is 2. The Balaban J connectivity index is 0.000000902. The van der Waals surface area contributed by atoms with Crippen LogP contribution in [0.1, 0.15) is 17.4 Å². The van der Waals surface area contributed by atoms with Crippen LogP contribution in [-0.4, -0.2) is 29.2 Å². The molecule has 1 N–H and O–H groups in total. The van der Waals surface area contributed by atoms with Crippen LogP contribution in [0, 0.1) is 6.92 Å². The maximum absolute atomic E-state index is 5.79. The van der Waals surface area contributed by atoms with Gasteiger partial charge in [-0.2, -0.15) is 0 Å². The van der Waals surface area contributed by atoms with Gasteiger partial charge in [-0.05, 0) is 24.6 Å². The lowest BCUT2D eigenvalue weighted by Crippen LogP contribution is -2.34. The summed E-state index contributed by atoms with van der Waals surface area (Å²) in [6, 6.07) is 4.36. The first-order valence-corrected chi connectivity index (χ1v) is 6.00.